The van der Waals surface area contributed by atoms with Crippen molar-refractivity contribution in [2.45, 2.75) is 90.9 Å². The van der Waals surface area contributed by atoms with Crippen molar-refractivity contribution in [1.82, 2.24) is 0 Å². The van der Waals surface area contributed by atoms with E-state index < -0.39 is 29.2 Å². The highest BCUT2D eigenvalue weighted by Crippen LogP contribution is 2.30. The number of benzene rings is 3. The Morgan fingerprint density at radius 3 is 1.64 bits per heavy atom. The van der Waals surface area contributed by atoms with E-state index in [0.29, 0.717) is 17.7 Å². The molecule has 0 fully saturated rings. The monoisotopic (exact) mass is 584 g/mol. The number of carbonyl (C=O) groups is 1. The molecule has 0 spiro atoms. The Labute approximate surface area is 248 Å². The molecule has 0 bridgehead atoms. The number of ether oxygens (including phenoxy) is 3. The molecule has 0 heterocycles. The summed E-state index contributed by atoms with van der Waals surface area (Å²) in [5.74, 6) is -4.30. The summed E-state index contributed by atoms with van der Waals surface area (Å²) < 4.78 is 59.8. The number of hydrogen-bond donors (Lipinski definition) is 0. The van der Waals surface area contributed by atoms with Crippen LogP contribution in [-0.4, -0.2) is 19.2 Å². The van der Waals surface area contributed by atoms with E-state index >= 15 is 0 Å². The Bertz CT molecular complexity index is 1240. The summed E-state index contributed by atoms with van der Waals surface area (Å²) in [7, 11) is 0. The maximum atomic E-state index is 14.6. The van der Waals surface area contributed by atoms with Crippen LogP contribution in [0, 0.1) is 17.5 Å². The number of rotatable bonds is 19. The van der Waals surface area contributed by atoms with Gasteiger partial charge < -0.3 is 14.2 Å². The van der Waals surface area contributed by atoms with Crippen molar-refractivity contribution in [1.29, 1.82) is 0 Å². The van der Waals surface area contributed by atoms with Gasteiger partial charge in [0, 0.05) is 0 Å². The van der Waals surface area contributed by atoms with Gasteiger partial charge in [-0.1, -0.05) is 96.3 Å². The van der Waals surface area contributed by atoms with Gasteiger partial charge in [-0.3, -0.25) is 0 Å². The minimum atomic E-state index is -1.28. The Hall–Kier alpha value is -3.48. The number of carbonyl (C=O) groups excluding carboxylic acids is 1. The van der Waals surface area contributed by atoms with E-state index in [1.807, 2.05) is 0 Å². The first-order chi connectivity index (χ1) is 20.4. The third-order valence-corrected chi connectivity index (χ3v) is 7.11. The highest BCUT2D eigenvalue weighted by Gasteiger charge is 2.19. The molecular weight excluding hydrogens is 541 g/mol. The predicted octanol–water partition coefficient (Wildman–Crippen LogP) is 10.5. The smallest absolute Gasteiger partial charge is 0.343 e. The number of esters is 1. The zero-order valence-corrected chi connectivity index (χ0v) is 24.9. The van der Waals surface area contributed by atoms with E-state index in [-0.39, 0.29) is 23.7 Å². The van der Waals surface area contributed by atoms with Crippen molar-refractivity contribution < 1.29 is 32.2 Å². The zero-order chi connectivity index (χ0) is 30.2. The quantitative estimate of drug-likeness (QED) is 0.0799. The fourth-order valence-electron chi connectivity index (χ4n) is 4.59. The van der Waals surface area contributed by atoms with Gasteiger partial charge in [0.25, 0.3) is 0 Å². The largest absolute Gasteiger partial charge is 0.491 e. The van der Waals surface area contributed by atoms with Crippen molar-refractivity contribution in [2.75, 3.05) is 13.2 Å². The van der Waals surface area contributed by atoms with Crippen LogP contribution < -0.4 is 14.2 Å². The summed E-state index contributed by atoms with van der Waals surface area (Å²) in [6, 6.07) is 13.4. The lowest BCUT2D eigenvalue weighted by Crippen LogP contribution is -2.10. The molecule has 3 aromatic carbocycles. The SMILES string of the molecule is CCCCCCCCOc1ccc(-c2ccc(C(=O)Oc3ccc(OCCCCCCCC)c(F)c3F)cc2)cc1F. The molecule has 4 nitrogen and oxygen atoms in total. The predicted molar refractivity (Wildman–Crippen MR) is 161 cm³/mol. The minimum Gasteiger partial charge on any atom is -0.491 e. The van der Waals surface area contributed by atoms with E-state index in [1.54, 1.807) is 24.3 Å². The van der Waals surface area contributed by atoms with E-state index in [2.05, 4.69) is 13.8 Å². The third-order valence-electron chi connectivity index (χ3n) is 7.11. The highest BCUT2D eigenvalue weighted by atomic mass is 19.2. The molecule has 0 saturated carbocycles. The maximum Gasteiger partial charge on any atom is 0.343 e. The molecule has 3 aromatic rings. The normalized spacial score (nSPS) is 11.0. The standard InChI is InChI=1S/C35H43F3O4/c1-3-5-7-9-11-13-23-40-30-20-19-28(25-29(30)36)26-15-17-27(18-16-26)35(39)42-32-22-21-31(33(37)34(32)38)41-24-14-12-10-8-6-4-2/h15-22,25H,3-14,23-24H2,1-2H3. The molecule has 0 saturated heterocycles. The first-order valence-electron chi connectivity index (χ1n) is 15.3. The van der Waals surface area contributed by atoms with Crippen LogP contribution in [0.4, 0.5) is 13.2 Å². The van der Waals surface area contributed by atoms with Gasteiger partial charge in [-0.05, 0) is 60.4 Å². The molecule has 7 heteroatoms. The minimum absolute atomic E-state index is 0.140. The van der Waals surface area contributed by atoms with E-state index in [9.17, 15) is 18.0 Å². The Morgan fingerprint density at radius 1 is 0.571 bits per heavy atom. The first kappa shape index (κ1) is 33.0. The van der Waals surface area contributed by atoms with Crippen LogP contribution in [0.2, 0.25) is 0 Å². The molecule has 3 rings (SSSR count). The van der Waals surface area contributed by atoms with Gasteiger partial charge >= 0.3 is 5.97 Å². The second-order valence-electron chi connectivity index (χ2n) is 10.5. The molecule has 0 atom stereocenters. The summed E-state index contributed by atoms with van der Waals surface area (Å²) in [4.78, 5) is 12.6. The van der Waals surface area contributed by atoms with E-state index in [1.165, 1.54) is 56.0 Å². The number of unbranched alkanes of at least 4 members (excludes halogenated alkanes) is 10. The summed E-state index contributed by atoms with van der Waals surface area (Å²) in [5, 5.41) is 0. The lowest BCUT2D eigenvalue weighted by atomic mass is 10.0. The van der Waals surface area contributed by atoms with Crippen molar-refractivity contribution in [2.24, 2.45) is 0 Å². The van der Waals surface area contributed by atoms with Crippen LogP contribution in [0.5, 0.6) is 17.2 Å². The van der Waals surface area contributed by atoms with Crippen LogP contribution in [0.3, 0.4) is 0 Å². The Kier molecular flexibility index (Phi) is 14.3. The van der Waals surface area contributed by atoms with Gasteiger partial charge in [0.05, 0.1) is 18.8 Å². The molecule has 0 N–H and O–H groups in total. The molecule has 0 aliphatic carbocycles. The highest BCUT2D eigenvalue weighted by molar-refractivity contribution is 5.91. The molecule has 0 aliphatic heterocycles. The van der Waals surface area contributed by atoms with Crippen LogP contribution in [0.1, 0.15) is 101 Å². The topological polar surface area (TPSA) is 44.8 Å². The number of halogens is 3. The van der Waals surface area contributed by atoms with Gasteiger partial charge in [0.2, 0.25) is 11.6 Å². The second-order valence-corrected chi connectivity index (χ2v) is 10.5. The second kappa shape index (κ2) is 18.1. The molecule has 0 aliphatic rings. The molecule has 0 amide bonds. The van der Waals surface area contributed by atoms with E-state index in [4.69, 9.17) is 14.2 Å². The van der Waals surface area contributed by atoms with E-state index in [0.717, 1.165) is 51.4 Å². The molecule has 42 heavy (non-hydrogen) atoms. The fraction of sp³-hybridized carbons (Fsp3) is 0.457. The number of hydrogen-bond acceptors (Lipinski definition) is 4. The summed E-state index contributed by atoms with van der Waals surface area (Å²) in [6.07, 6.45) is 13.1. The molecular formula is C35H43F3O4. The summed E-state index contributed by atoms with van der Waals surface area (Å²) in [5.41, 5.74) is 1.43. The van der Waals surface area contributed by atoms with Crippen molar-refractivity contribution >= 4 is 5.97 Å². The lowest BCUT2D eigenvalue weighted by molar-refractivity contribution is 0.0726. The molecule has 0 unspecified atom stereocenters. The average molecular weight is 585 g/mol. The van der Waals surface area contributed by atoms with Crippen LogP contribution in [-0.2, 0) is 0 Å². The zero-order valence-electron chi connectivity index (χ0n) is 24.9. The van der Waals surface area contributed by atoms with Crippen molar-refractivity contribution in [3.8, 4) is 28.4 Å². The van der Waals surface area contributed by atoms with Gasteiger partial charge in [0.1, 0.15) is 0 Å². The lowest BCUT2D eigenvalue weighted by Gasteiger charge is -2.11. The van der Waals surface area contributed by atoms with Gasteiger partial charge in [0.15, 0.2) is 23.1 Å². The van der Waals surface area contributed by atoms with Crippen LogP contribution in [0.25, 0.3) is 11.1 Å². The van der Waals surface area contributed by atoms with Crippen molar-refractivity contribution in [3.63, 3.8) is 0 Å². The molecule has 0 radical (unpaired) electrons. The molecule has 0 aromatic heterocycles. The average Bonchev–Trinajstić information content (AvgIpc) is 3.00. The van der Waals surface area contributed by atoms with Gasteiger partial charge in [-0.25, -0.2) is 9.18 Å². The summed E-state index contributed by atoms with van der Waals surface area (Å²) in [6.45, 7) is 5.08. The van der Waals surface area contributed by atoms with Crippen molar-refractivity contribution in [3.05, 3.63) is 77.6 Å². The summed E-state index contributed by atoms with van der Waals surface area (Å²) >= 11 is 0. The first-order valence-corrected chi connectivity index (χ1v) is 15.3. The Morgan fingerprint density at radius 2 is 1.05 bits per heavy atom. The van der Waals surface area contributed by atoms with Gasteiger partial charge in [-0.2, -0.15) is 8.78 Å². The maximum absolute atomic E-state index is 14.6. The molecule has 228 valence electrons. The fourth-order valence-corrected chi connectivity index (χ4v) is 4.59. The third kappa shape index (κ3) is 10.4. The van der Waals surface area contributed by atoms with Gasteiger partial charge in [-0.15, -0.1) is 0 Å². The van der Waals surface area contributed by atoms with Crippen LogP contribution in [0.15, 0.2) is 54.6 Å². The van der Waals surface area contributed by atoms with Crippen LogP contribution >= 0.6 is 0 Å². The Balaban J connectivity index is 1.51.